The number of nitrogens with zero attached hydrogens (tertiary/aromatic N) is 3. The number of rotatable bonds is 4. The maximum Gasteiger partial charge on any atom is 0.227 e. The molecule has 2 aliphatic rings. The lowest BCUT2D eigenvalue weighted by atomic mass is 9.84. The molecule has 1 N–H and O–H groups in total. The first-order valence-electron chi connectivity index (χ1n) is 10.9. The fourth-order valence-corrected chi connectivity index (χ4v) is 5.11. The first-order chi connectivity index (χ1) is 17.1. The summed E-state index contributed by atoms with van der Waals surface area (Å²) in [5, 5.41) is 9.51. The molecule has 0 fully saturated rings. The number of anilines is 1. The van der Waals surface area contributed by atoms with Gasteiger partial charge in [-0.05, 0) is 59.8 Å². The minimum Gasteiger partial charge on any atom is -0.497 e. The third kappa shape index (κ3) is 3.73. The second-order valence-electron chi connectivity index (χ2n) is 8.19. The van der Waals surface area contributed by atoms with Crippen molar-refractivity contribution < 1.29 is 13.9 Å². The van der Waals surface area contributed by atoms with Gasteiger partial charge in [0.25, 0.3) is 0 Å². The number of hydrogen-bond acceptors (Lipinski definition) is 6. The molecule has 0 saturated carbocycles. The van der Waals surface area contributed by atoms with Gasteiger partial charge in [-0.3, -0.25) is 0 Å². The van der Waals surface area contributed by atoms with Crippen molar-refractivity contribution in [2.45, 2.75) is 17.3 Å². The molecule has 3 aromatic carbocycles. The molecule has 0 bridgehead atoms. The number of nitrogens with one attached hydrogen (secondary N) is 1. The minimum atomic E-state index is -0.492. The van der Waals surface area contributed by atoms with Gasteiger partial charge < -0.3 is 14.8 Å². The molecule has 3 heterocycles. The van der Waals surface area contributed by atoms with Crippen molar-refractivity contribution in [1.82, 2.24) is 14.8 Å². The number of thioether (sulfide) groups is 1. The van der Waals surface area contributed by atoms with E-state index in [1.807, 2.05) is 47.3 Å². The molecule has 0 saturated heterocycles. The molecule has 4 aromatic rings. The van der Waals surface area contributed by atoms with Gasteiger partial charge >= 0.3 is 0 Å². The van der Waals surface area contributed by atoms with E-state index >= 15 is 0 Å². The summed E-state index contributed by atoms with van der Waals surface area (Å²) in [4.78, 5) is 4.70. The van der Waals surface area contributed by atoms with Gasteiger partial charge in [0.1, 0.15) is 29.5 Å². The number of aromatic nitrogens is 3. The number of benzene rings is 3. The quantitative estimate of drug-likeness (QED) is 0.325. The first-order valence-corrected chi connectivity index (χ1v) is 12.5. The van der Waals surface area contributed by atoms with Crippen LogP contribution in [-0.2, 0) is 0 Å². The van der Waals surface area contributed by atoms with Gasteiger partial charge in [0.15, 0.2) is 0 Å². The Bertz CT molecular complexity index is 1450. The number of fused-ring (bicyclic) bond motifs is 3. The van der Waals surface area contributed by atoms with Crippen LogP contribution in [0.5, 0.6) is 11.5 Å². The van der Waals surface area contributed by atoms with Crippen molar-refractivity contribution in [1.29, 1.82) is 0 Å². The van der Waals surface area contributed by atoms with Crippen LogP contribution in [0.3, 0.4) is 0 Å². The summed E-state index contributed by atoms with van der Waals surface area (Å²) in [6.45, 7) is 0. The zero-order valence-electron chi connectivity index (χ0n) is 18.8. The Hall–Kier alpha value is -3.49. The molecule has 176 valence electrons. The van der Waals surface area contributed by atoms with Gasteiger partial charge in [-0.2, -0.15) is 4.98 Å². The number of halogens is 2. The molecule has 2 atom stereocenters. The van der Waals surface area contributed by atoms with E-state index in [0.29, 0.717) is 21.9 Å². The summed E-state index contributed by atoms with van der Waals surface area (Å²) in [6.07, 6.45) is 1.45. The summed E-state index contributed by atoms with van der Waals surface area (Å²) in [6, 6.07) is 19.5. The number of methoxy groups -OCH3 is 1. The second kappa shape index (κ2) is 8.62. The average molecular weight is 507 g/mol. The van der Waals surface area contributed by atoms with Crippen LogP contribution in [0.15, 0.2) is 77.5 Å². The van der Waals surface area contributed by atoms with Gasteiger partial charge in [0.2, 0.25) is 11.1 Å². The fraction of sp³-hybridized carbons (Fsp3) is 0.154. The molecule has 0 aliphatic carbocycles. The highest BCUT2D eigenvalue weighted by molar-refractivity contribution is 7.98. The average Bonchev–Trinajstić information content (AvgIpc) is 3.31. The van der Waals surface area contributed by atoms with Gasteiger partial charge in [-0.25, -0.2) is 9.07 Å². The Balaban J connectivity index is 1.62. The van der Waals surface area contributed by atoms with Gasteiger partial charge in [0.05, 0.1) is 12.8 Å². The monoisotopic (exact) mass is 506 g/mol. The predicted octanol–water partition coefficient (Wildman–Crippen LogP) is 6.36. The molecular weight excluding hydrogens is 487 g/mol. The Morgan fingerprint density at radius 3 is 2.51 bits per heavy atom. The van der Waals surface area contributed by atoms with Crippen molar-refractivity contribution in [2.24, 2.45) is 0 Å². The molecule has 0 radical (unpaired) electrons. The second-order valence-corrected chi connectivity index (χ2v) is 9.40. The van der Waals surface area contributed by atoms with Crippen LogP contribution >= 0.6 is 23.4 Å². The summed E-state index contributed by atoms with van der Waals surface area (Å²) >= 11 is 7.86. The summed E-state index contributed by atoms with van der Waals surface area (Å²) in [5.41, 5.74) is 4.44. The lowest BCUT2D eigenvalue weighted by Crippen LogP contribution is -2.32. The Morgan fingerprint density at radius 2 is 1.80 bits per heavy atom. The van der Waals surface area contributed by atoms with E-state index in [0.717, 1.165) is 33.7 Å². The maximum absolute atomic E-state index is 13.8. The maximum atomic E-state index is 13.8. The van der Waals surface area contributed by atoms with E-state index in [-0.39, 0.29) is 11.9 Å². The van der Waals surface area contributed by atoms with Crippen molar-refractivity contribution >= 4 is 35.0 Å². The summed E-state index contributed by atoms with van der Waals surface area (Å²) in [7, 11) is 1.64. The highest BCUT2D eigenvalue weighted by atomic mass is 35.5. The predicted molar refractivity (Wildman–Crippen MR) is 135 cm³/mol. The Kier molecular flexibility index (Phi) is 5.42. The van der Waals surface area contributed by atoms with Crippen LogP contribution in [0.2, 0.25) is 5.02 Å². The minimum absolute atomic E-state index is 0.303. The van der Waals surface area contributed by atoms with E-state index < -0.39 is 6.10 Å². The molecule has 0 amide bonds. The zero-order valence-corrected chi connectivity index (χ0v) is 20.4. The summed E-state index contributed by atoms with van der Waals surface area (Å²) < 4.78 is 27.6. The van der Waals surface area contributed by atoms with Crippen LogP contribution in [0.25, 0.3) is 5.70 Å². The molecule has 9 heteroatoms. The molecular formula is C26H20ClFN4O2S. The normalized spacial score (nSPS) is 18.2. The van der Waals surface area contributed by atoms with Crippen LogP contribution in [0.1, 0.15) is 28.8 Å². The van der Waals surface area contributed by atoms with Crippen LogP contribution in [0.4, 0.5) is 10.3 Å². The third-order valence-electron chi connectivity index (χ3n) is 6.20. The Labute approximate surface area is 210 Å². The van der Waals surface area contributed by atoms with Gasteiger partial charge in [-0.1, -0.05) is 47.6 Å². The standard InChI is InChI=1S/C26H20ClFN4O2S/c1-33-18-10-5-14(6-11-18)23-21-22(29-25-30-26(35-2)31-32(23)25)19-13-16(27)7-12-20(19)34-24(21)15-3-8-17(28)9-4-15/h3-13,23-24H,1-2H3,(H,29,30,31). The smallest absolute Gasteiger partial charge is 0.227 e. The molecule has 0 spiro atoms. The van der Waals surface area contributed by atoms with Crippen LogP contribution in [0, 0.1) is 5.82 Å². The molecule has 2 unspecified atom stereocenters. The summed E-state index contributed by atoms with van der Waals surface area (Å²) in [5.74, 6) is 1.76. The largest absolute Gasteiger partial charge is 0.497 e. The van der Waals surface area contributed by atoms with Crippen LogP contribution in [-0.4, -0.2) is 28.1 Å². The first kappa shape index (κ1) is 22.0. The molecule has 6 rings (SSSR count). The van der Waals surface area contributed by atoms with E-state index in [1.165, 1.54) is 23.9 Å². The lowest BCUT2D eigenvalue weighted by molar-refractivity contribution is 0.222. The highest BCUT2D eigenvalue weighted by Gasteiger charge is 2.41. The molecule has 2 aliphatic heterocycles. The fourth-order valence-electron chi connectivity index (χ4n) is 4.59. The van der Waals surface area contributed by atoms with E-state index in [1.54, 1.807) is 25.3 Å². The molecule has 6 nitrogen and oxygen atoms in total. The zero-order chi connectivity index (χ0) is 24.1. The van der Waals surface area contributed by atoms with E-state index in [2.05, 4.69) is 5.32 Å². The SMILES string of the molecule is COc1ccc(C2C3=C(Nc4nc(SC)nn42)c2cc(Cl)ccc2OC3c2ccc(F)cc2)cc1. The van der Waals surface area contributed by atoms with Crippen molar-refractivity contribution in [3.63, 3.8) is 0 Å². The van der Waals surface area contributed by atoms with Gasteiger partial charge in [-0.15, -0.1) is 5.10 Å². The Morgan fingerprint density at radius 1 is 1.06 bits per heavy atom. The lowest BCUT2D eigenvalue weighted by Gasteiger charge is -2.39. The van der Waals surface area contributed by atoms with Crippen molar-refractivity contribution in [3.05, 3.63) is 99.8 Å². The van der Waals surface area contributed by atoms with Crippen molar-refractivity contribution in [2.75, 3.05) is 18.7 Å². The van der Waals surface area contributed by atoms with E-state index in [4.69, 9.17) is 31.2 Å². The molecule has 35 heavy (non-hydrogen) atoms. The third-order valence-corrected chi connectivity index (χ3v) is 6.97. The topological polar surface area (TPSA) is 61.2 Å². The number of hydrogen-bond donors (Lipinski definition) is 1. The van der Waals surface area contributed by atoms with Gasteiger partial charge in [0, 0.05) is 16.2 Å². The van der Waals surface area contributed by atoms with Crippen molar-refractivity contribution in [3.8, 4) is 11.5 Å². The van der Waals surface area contributed by atoms with E-state index in [9.17, 15) is 4.39 Å². The van der Waals surface area contributed by atoms with Crippen LogP contribution < -0.4 is 14.8 Å². The number of ether oxygens (including phenoxy) is 2. The molecule has 1 aromatic heterocycles. The highest BCUT2D eigenvalue weighted by Crippen LogP contribution is 2.51.